The molecule has 0 aliphatic carbocycles. The molecular formula is C17H20N2. The molecule has 98 valence electrons. The molecule has 0 aromatic heterocycles. The Morgan fingerprint density at radius 3 is 2.05 bits per heavy atom. The molecule has 0 heterocycles. The van der Waals surface area contributed by atoms with Gasteiger partial charge in [-0.1, -0.05) is 30.4 Å². The molecule has 2 nitrogen and oxygen atoms in total. The normalized spacial score (nSPS) is 10.9. The molecule has 2 N–H and O–H groups in total. The van der Waals surface area contributed by atoms with Crippen molar-refractivity contribution in [2.45, 2.75) is 6.92 Å². The molecule has 0 amide bonds. The Morgan fingerprint density at radius 2 is 1.47 bits per heavy atom. The van der Waals surface area contributed by atoms with Gasteiger partial charge in [-0.2, -0.15) is 0 Å². The summed E-state index contributed by atoms with van der Waals surface area (Å²) >= 11 is 0. The molecular weight excluding hydrogens is 232 g/mol. The minimum atomic E-state index is 0.840. The zero-order chi connectivity index (χ0) is 13.8. The average molecular weight is 252 g/mol. The van der Waals surface area contributed by atoms with Gasteiger partial charge in [-0.05, 0) is 47.9 Å². The zero-order valence-corrected chi connectivity index (χ0v) is 11.7. The fraction of sp³-hybridized carbons (Fsp3) is 0.176. The first-order chi connectivity index (χ1) is 9.06. The lowest BCUT2D eigenvalue weighted by Gasteiger charge is -2.11. The van der Waals surface area contributed by atoms with E-state index < -0.39 is 0 Å². The van der Waals surface area contributed by atoms with Crippen molar-refractivity contribution in [3.8, 4) is 0 Å². The summed E-state index contributed by atoms with van der Waals surface area (Å²) in [5.41, 5.74) is 11.3. The van der Waals surface area contributed by atoms with Gasteiger partial charge in [0.1, 0.15) is 0 Å². The summed E-state index contributed by atoms with van der Waals surface area (Å²) in [6.07, 6.45) is 4.22. The summed E-state index contributed by atoms with van der Waals surface area (Å²) < 4.78 is 0. The summed E-state index contributed by atoms with van der Waals surface area (Å²) in [5.74, 6) is 0. The van der Waals surface area contributed by atoms with E-state index in [1.54, 1.807) is 0 Å². The van der Waals surface area contributed by atoms with Crippen molar-refractivity contribution in [2.24, 2.45) is 0 Å². The first-order valence-corrected chi connectivity index (χ1v) is 6.38. The van der Waals surface area contributed by atoms with Gasteiger partial charge in [-0.25, -0.2) is 0 Å². The van der Waals surface area contributed by atoms with E-state index in [1.807, 2.05) is 33.2 Å². The second-order valence-electron chi connectivity index (χ2n) is 4.94. The van der Waals surface area contributed by atoms with Crippen LogP contribution in [0.4, 0.5) is 11.4 Å². The maximum atomic E-state index is 5.81. The van der Waals surface area contributed by atoms with Crippen LogP contribution in [0.15, 0.2) is 42.5 Å². The fourth-order valence-electron chi connectivity index (χ4n) is 1.88. The summed E-state index contributed by atoms with van der Waals surface area (Å²) in [7, 11) is 4.09. The number of nitrogens with two attached hydrogens (primary N) is 1. The number of hydrogen-bond acceptors (Lipinski definition) is 2. The van der Waals surface area contributed by atoms with Crippen molar-refractivity contribution in [1.82, 2.24) is 0 Å². The van der Waals surface area contributed by atoms with Crippen LogP contribution in [0.5, 0.6) is 0 Å². The van der Waals surface area contributed by atoms with Crippen molar-refractivity contribution >= 4 is 23.5 Å². The molecule has 0 aliphatic heterocycles. The number of hydrogen-bond donors (Lipinski definition) is 1. The monoisotopic (exact) mass is 252 g/mol. The number of rotatable bonds is 3. The molecule has 19 heavy (non-hydrogen) atoms. The van der Waals surface area contributed by atoms with Crippen LogP contribution in [0.3, 0.4) is 0 Å². The highest BCUT2D eigenvalue weighted by atomic mass is 15.1. The molecule has 2 aromatic rings. The van der Waals surface area contributed by atoms with E-state index in [0.29, 0.717) is 0 Å². The molecule has 0 fully saturated rings. The molecule has 0 radical (unpaired) electrons. The Bertz CT molecular complexity index is 581. The van der Waals surface area contributed by atoms with E-state index in [1.165, 1.54) is 16.8 Å². The van der Waals surface area contributed by atoms with Gasteiger partial charge in [0.15, 0.2) is 0 Å². The van der Waals surface area contributed by atoms with Crippen LogP contribution in [0.1, 0.15) is 16.7 Å². The van der Waals surface area contributed by atoms with Gasteiger partial charge in [-0.15, -0.1) is 0 Å². The van der Waals surface area contributed by atoms with Gasteiger partial charge < -0.3 is 10.6 Å². The van der Waals surface area contributed by atoms with Gasteiger partial charge in [0.25, 0.3) is 0 Å². The molecule has 2 aromatic carbocycles. The maximum Gasteiger partial charge on any atom is 0.0361 e. The van der Waals surface area contributed by atoms with Gasteiger partial charge in [-0.3, -0.25) is 0 Å². The predicted octanol–water partition coefficient (Wildman–Crippen LogP) is 3.81. The van der Waals surface area contributed by atoms with Gasteiger partial charge in [0.05, 0.1) is 0 Å². The van der Waals surface area contributed by atoms with Crippen molar-refractivity contribution in [3.63, 3.8) is 0 Å². The SMILES string of the molecule is Cc1cc(/C=C/c2ccc(N(C)C)cc2)ccc1N. The van der Waals surface area contributed by atoms with Crippen LogP contribution in [0.25, 0.3) is 12.2 Å². The number of benzene rings is 2. The second-order valence-corrected chi connectivity index (χ2v) is 4.94. The lowest BCUT2D eigenvalue weighted by atomic mass is 10.1. The minimum Gasteiger partial charge on any atom is -0.399 e. The molecule has 0 atom stereocenters. The molecule has 2 rings (SSSR count). The number of nitrogens with zero attached hydrogens (tertiary/aromatic N) is 1. The van der Waals surface area contributed by atoms with E-state index in [9.17, 15) is 0 Å². The van der Waals surface area contributed by atoms with Gasteiger partial charge in [0.2, 0.25) is 0 Å². The van der Waals surface area contributed by atoms with Crippen LogP contribution in [0.2, 0.25) is 0 Å². The minimum absolute atomic E-state index is 0.840. The summed E-state index contributed by atoms with van der Waals surface area (Å²) in [6, 6.07) is 14.6. The van der Waals surface area contributed by atoms with E-state index in [2.05, 4.69) is 47.4 Å². The topological polar surface area (TPSA) is 29.3 Å². The first kappa shape index (κ1) is 13.2. The molecule has 0 aliphatic rings. The van der Waals surface area contributed by atoms with E-state index in [-0.39, 0.29) is 0 Å². The van der Waals surface area contributed by atoms with E-state index >= 15 is 0 Å². The summed E-state index contributed by atoms with van der Waals surface area (Å²) in [6.45, 7) is 2.03. The summed E-state index contributed by atoms with van der Waals surface area (Å²) in [5, 5.41) is 0. The largest absolute Gasteiger partial charge is 0.399 e. The number of anilines is 2. The average Bonchev–Trinajstić information content (AvgIpc) is 2.40. The number of aryl methyl sites for hydroxylation is 1. The second kappa shape index (κ2) is 5.61. The van der Waals surface area contributed by atoms with Crippen LogP contribution in [-0.4, -0.2) is 14.1 Å². The van der Waals surface area contributed by atoms with Crippen LogP contribution in [-0.2, 0) is 0 Å². The van der Waals surface area contributed by atoms with Crippen LogP contribution < -0.4 is 10.6 Å². The first-order valence-electron chi connectivity index (χ1n) is 6.38. The third kappa shape index (κ3) is 3.38. The van der Waals surface area contributed by atoms with E-state index in [4.69, 9.17) is 5.73 Å². The fourth-order valence-corrected chi connectivity index (χ4v) is 1.88. The highest BCUT2D eigenvalue weighted by Crippen LogP contribution is 2.17. The lowest BCUT2D eigenvalue weighted by molar-refractivity contribution is 1.13. The summed E-state index contributed by atoms with van der Waals surface area (Å²) in [4.78, 5) is 2.09. The third-order valence-electron chi connectivity index (χ3n) is 3.17. The van der Waals surface area contributed by atoms with Crippen molar-refractivity contribution in [3.05, 3.63) is 59.2 Å². The molecule has 0 saturated heterocycles. The Hall–Kier alpha value is -2.22. The van der Waals surface area contributed by atoms with Gasteiger partial charge in [0, 0.05) is 25.5 Å². The molecule has 2 heteroatoms. The van der Waals surface area contributed by atoms with Crippen molar-refractivity contribution in [1.29, 1.82) is 0 Å². The van der Waals surface area contributed by atoms with E-state index in [0.717, 1.165) is 11.3 Å². The Kier molecular flexibility index (Phi) is 3.91. The third-order valence-corrected chi connectivity index (χ3v) is 3.17. The Labute approximate surface area is 115 Å². The van der Waals surface area contributed by atoms with Crippen molar-refractivity contribution in [2.75, 3.05) is 24.7 Å². The molecule has 0 saturated carbocycles. The maximum absolute atomic E-state index is 5.81. The molecule has 0 unspecified atom stereocenters. The van der Waals surface area contributed by atoms with Crippen molar-refractivity contribution < 1.29 is 0 Å². The van der Waals surface area contributed by atoms with Gasteiger partial charge >= 0.3 is 0 Å². The Morgan fingerprint density at radius 1 is 0.895 bits per heavy atom. The smallest absolute Gasteiger partial charge is 0.0361 e. The van der Waals surface area contributed by atoms with Crippen LogP contribution in [0, 0.1) is 6.92 Å². The number of nitrogen functional groups attached to an aromatic ring is 1. The zero-order valence-electron chi connectivity index (χ0n) is 11.7. The quantitative estimate of drug-likeness (QED) is 0.664. The highest BCUT2D eigenvalue weighted by molar-refractivity contribution is 5.71. The molecule has 0 spiro atoms. The molecule has 0 bridgehead atoms. The van der Waals surface area contributed by atoms with Crippen LogP contribution >= 0.6 is 0 Å². The lowest BCUT2D eigenvalue weighted by Crippen LogP contribution is -2.07. The predicted molar refractivity (Wildman–Crippen MR) is 85.3 cm³/mol. The standard InChI is InChI=1S/C17H20N2/c1-13-12-15(8-11-17(13)18)5-4-14-6-9-16(10-7-14)19(2)3/h4-12H,18H2,1-3H3/b5-4+. The highest BCUT2D eigenvalue weighted by Gasteiger charge is 1.95. The Balaban J connectivity index is 2.15.